The highest BCUT2D eigenvalue weighted by atomic mass is 32.1. The zero-order chi connectivity index (χ0) is 22.7. The third-order valence-corrected chi connectivity index (χ3v) is 7.17. The number of para-hydroxylation sites is 1. The van der Waals surface area contributed by atoms with E-state index in [2.05, 4.69) is 18.3 Å². The molecule has 3 aromatic carbocycles. The number of carbonyl (C=O) groups excluding carboxylic acids is 1. The van der Waals surface area contributed by atoms with Crippen molar-refractivity contribution in [1.82, 2.24) is 9.55 Å². The Hall–Kier alpha value is -3.97. The fraction of sp³-hybridized carbons (Fsp3) is 0.115. The molecule has 6 nitrogen and oxygen atoms in total. The predicted molar refractivity (Wildman–Crippen MR) is 131 cm³/mol. The Morgan fingerprint density at radius 3 is 2.76 bits per heavy atom. The van der Waals surface area contributed by atoms with Crippen molar-refractivity contribution in [3.63, 3.8) is 0 Å². The molecular formula is C26H19N3O3S. The average molecular weight is 454 g/mol. The van der Waals surface area contributed by atoms with Crippen LogP contribution in [0, 0.1) is 6.92 Å². The number of nitrogens with one attached hydrogen (secondary N) is 1. The largest absolute Gasteiger partial charge is 0.506 e. The van der Waals surface area contributed by atoms with E-state index in [1.807, 2.05) is 36.4 Å². The maximum Gasteiger partial charge on any atom is 0.267 e. The maximum absolute atomic E-state index is 13.0. The van der Waals surface area contributed by atoms with Crippen LogP contribution >= 0.6 is 11.3 Å². The zero-order valence-electron chi connectivity index (χ0n) is 17.8. The monoisotopic (exact) mass is 453 g/mol. The molecular weight excluding hydrogens is 434 g/mol. The second kappa shape index (κ2) is 7.28. The smallest absolute Gasteiger partial charge is 0.267 e. The Bertz CT molecular complexity index is 1650. The van der Waals surface area contributed by atoms with Crippen molar-refractivity contribution in [1.29, 1.82) is 0 Å². The van der Waals surface area contributed by atoms with Gasteiger partial charge in [-0.15, -0.1) is 11.3 Å². The normalized spacial score (nSPS) is 12.5. The van der Waals surface area contributed by atoms with Gasteiger partial charge in [-0.25, -0.2) is 4.98 Å². The van der Waals surface area contributed by atoms with Gasteiger partial charge in [0.05, 0.1) is 15.7 Å². The van der Waals surface area contributed by atoms with Crippen molar-refractivity contribution in [2.75, 3.05) is 5.32 Å². The summed E-state index contributed by atoms with van der Waals surface area (Å²) < 4.78 is 2.71. The van der Waals surface area contributed by atoms with Gasteiger partial charge in [0.2, 0.25) is 0 Å². The zero-order valence-corrected chi connectivity index (χ0v) is 18.6. The Balaban J connectivity index is 1.31. The first-order chi connectivity index (χ1) is 16.0. The van der Waals surface area contributed by atoms with E-state index in [1.165, 1.54) is 5.56 Å². The molecule has 5 aromatic rings. The highest BCUT2D eigenvalue weighted by Crippen LogP contribution is 2.33. The van der Waals surface area contributed by atoms with E-state index in [0.29, 0.717) is 29.6 Å². The SMILES string of the molecule is Cc1ccc2nc(-c3ccc(NC(=O)c4c(O)c5cccc6c5n(c4=O)CC6)cc3)sc2c1. The fourth-order valence-corrected chi connectivity index (χ4v) is 5.54. The number of aromatic hydroxyl groups is 1. The van der Waals surface area contributed by atoms with Crippen LogP contribution in [0.5, 0.6) is 5.75 Å². The minimum absolute atomic E-state index is 0.229. The molecule has 0 aliphatic carbocycles. The van der Waals surface area contributed by atoms with Crippen molar-refractivity contribution in [2.24, 2.45) is 0 Å². The Morgan fingerprint density at radius 2 is 1.94 bits per heavy atom. The number of nitrogens with zero attached hydrogens (tertiary/aromatic N) is 2. The molecule has 0 unspecified atom stereocenters. The number of aryl methyl sites for hydroxylation is 3. The molecule has 0 spiro atoms. The van der Waals surface area contributed by atoms with Crippen molar-refractivity contribution < 1.29 is 9.90 Å². The first-order valence-corrected chi connectivity index (χ1v) is 11.5. The summed E-state index contributed by atoms with van der Waals surface area (Å²) in [6.45, 7) is 2.56. The molecule has 1 amide bonds. The first-order valence-electron chi connectivity index (χ1n) is 10.7. The molecule has 3 heterocycles. The van der Waals surface area contributed by atoms with Gasteiger partial charge in [-0.2, -0.15) is 0 Å². The van der Waals surface area contributed by atoms with Gasteiger partial charge in [0, 0.05) is 23.2 Å². The Morgan fingerprint density at radius 1 is 1.12 bits per heavy atom. The van der Waals surface area contributed by atoms with Crippen LogP contribution in [0.2, 0.25) is 0 Å². The molecule has 0 bridgehead atoms. The number of rotatable bonds is 3. The summed E-state index contributed by atoms with van der Waals surface area (Å²) in [5, 5.41) is 14.9. The van der Waals surface area contributed by atoms with E-state index in [4.69, 9.17) is 4.98 Å². The Labute approximate surface area is 192 Å². The maximum atomic E-state index is 13.0. The van der Waals surface area contributed by atoms with E-state index in [9.17, 15) is 14.7 Å². The van der Waals surface area contributed by atoms with E-state index >= 15 is 0 Å². The van der Waals surface area contributed by atoms with Crippen LogP contribution in [0.3, 0.4) is 0 Å². The highest BCUT2D eigenvalue weighted by Gasteiger charge is 2.26. The molecule has 0 radical (unpaired) electrons. The molecule has 2 aromatic heterocycles. The lowest BCUT2D eigenvalue weighted by Crippen LogP contribution is -2.28. The van der Waals surface area contributed by atoms with Gasteiger partial charge in [0.1, 0.15) is 16.3 Å². The number of fused-ring (bicyclic) bond motifs is 1. The van der Waals surface area contributed by atoms with E-state index in [-0.39, 0.29) is 11.3 Å². The van der Waals surface area contributed by atoms with Gasteiger partial charge in [0.25, 0.3) is 11.5 Å². The van der Waals surface area contributed by atoms with Crippen LogP contribution in [0.15, 0.2) is 65.5 Å². The lowest BCUT2D eigenvalue weighted by molar-refractivity contribution is 0.102. The summed E-state index contributed by atoms with van der Waals surface area (Å²) in [4.78, 5) is 30.7. The summed E-state index contributed by atoms with van der Waals surface area (Å²) in [5.74, 6) is -0.891. The first kappa shape index (κ1) is 19.7. The minimum atomic E-state index is -0.622. The topological polar surface area (TPSA) is 84.2 Å². The van der Waals surface area contributed by atoms with Crippen LogP contribution in [-0.4, -0.2) is 20.6 Å². The molecule has 162 valence electrons. The van der Waals surface area contributed by atoms with Gasteiger partial charge in [0.15, 0.2) is 0 Å². The number of benzene rings is 3. The van der Waals surface area contributed by atoms with Crippen molar-refractivity contribution in [3.8, 4) is 16.3 Å². The molecule has 6 rings (SSSR count). The quantitative estimate of drug-likeness (QED) is 0.398. The summed E-state index contributed by atoms with van der Waals surface area (Å²) in [5.41, 5.74) is 4.66. The number of hydrogen-bond donors (Lipinski definition) is 2. The average Bonchev–Trinajstić information content (AvgIpc) is 3.43. The number of amides is 1. The number of aromatic nitrogens is 2. The predicted octanol–water partition coefficient (Wildman–Crippen LogP) is 5.10. The number of hydrogen-bond acceptors (Lipinski definition) is 5. The van der Waals surface area contributed by atoms with Crippen LogP contribution in [0.25, 0.3) is 31.7 Å². The van der Waals surface area contributed by atoms with Crippen LogP contribution in [0.4, 0.5) is 5.69 Å². The summed E-state index contributed by atoms with van der Waals surface area (Å²) in [6, 6.07) is 19.0. The van der Waals surface area contributed by atoms with E-state index < -0.39 is 11.5 Å². The van der Waals surface area contributed by atoms with Gasteiger partial charge in [-0.3, -0.25) is 9.59 Å². The molecule has 1 aliphatic heterocycles. The summed E-state index contributed by atoms with van der Waals surface area (Å²) >= 11 is 1.62. The standard InChI is InChI=1S/C26H19N3O3S/c1-14-5-10-19-20(13-14)33-25(28-19)16-6-8-17(9-7-16)27-24(31)21-23(30)18-4-2-3-15-11-12-29(22(15)18)26(21)32/h2-10,13,30H,11-12H2,1H3,(H,27,31). The number of carbonyl (C=O) groups is 1. The van der Waals surface area contributed by atoms with E-state index in [0.717, 1.165) is 26.4 Å². The molecule has 33 heavy (non-hydrogen) atoms. The summed E-state index contributed by atoms with van der Waals surface area (Å²) in [7, 11) is 0. The summed E-state index contributed by atoms with van der Waals surface area (Å²) in [6.07, 6.45) is 0.712. The van der Waals surface area contributed by atoms with Crippen LogP contribution in [0.1, 0.15) is 21.5 Å². The molecule has 0 saturated carbocycles. The van der Waals surface area contributed by atoms with Gasteiger partial charge >= 0.3 is 0 Å². The van der Waals surface area contributed by atoms with Crippen LogP contribution in [-0.2, 0) is 13.0 Å². The van der Waals surface area contributed by atoms with Crippen molar-refractivity contribution in [2.45, 2.75) is 19.9 Å². The number of pyridine rings is 1. The highest BCUT2D eigenvalue weighted by molar-refractivity contribution is 7.21. The third-order valence-electron chi connectivity index (χ3n) is 6.11. The fourth-order valence-electron chi connectivity index (χ4n) is 4.47. The molecule has 0 atom stereocenters. The lowest BCUT2D eigenvalue weighted by Gasteiger charge is -2.12. The lowest BCUT2D eigenvalue weighted by atomic mass is 10.1. The number of anilines is 1. The second-order valence-corrected chi connectivity index (χ2v) is 9.30. The van der Waals surface area contributed by atoms with Gasteiger partial charge in [-0.1, -0.05) is 18.2 Å². The van der Waals surface area contributed by atoms with Crippen LogP contribution < -0.4 is 10.9 Å². The molecule has 0 fully saturated rings. The van der Waals surface area contributed by atoms with Gasteiger partial charge in [-0.05, 0) is 66.9 Å². The Kier molecular flexibility index (Phi) is 4.35. The van der Waals surface area contributed by atoms with Crippen molar-refractivity contribution >= 4 is 44.1 Å². The third kappa shape index (κ3) is 3.12. The second-order valence-electron chi connectivity index (χ2n) is 8.27. The molecule has 1 aliphatic rings. The molecule has 2 N–H and O–H groups in total. The van der Waals surface area contributed by atoms with Gasteiger partial charge < -0.3 is 15.0 Å². The van der Waals surface area contributed by atoms with E-state index in [1.54, 1.807) is 34.1 Å². The van der Waals surface area contributed by atoms with Crippen molar-refractivity contribution in [3.05, 3.63) is 87.7 Å². The molecule has 7 heteroatoms. The molecule has 0 saturated heterocycles. The minimum Gasteiger partial charge on any atom is -0.506 e. The number of thiazole rings is 1.